The lowest BCUT2D eigenvalue weighted by molar-refractivity contribution is -0.152. The van der Waals surface area contributed by atoms with Gasteiger partial charge < -0.3 is 34.3 Å². The Kier molecular flexibility index (Phi) is 9.69. The first-order valence-electron chi connectivity index (χ1n) is 12.4. The Morgan fingerprint density at radius 3 is 2.19 bits per heavy atom. The van der Waals surface area contributed by atoms with Crippen LogP contribution in [0.5, 0.6) is 5.75 Å². The van der Waals surface area contributed by atoms with Crippen LogP contribution in [-0.4, -0.2) is 76.5 Å². The van der Waals surface area contributed by atoms with E-state index < -0.39 is 54.0 Å². The molecule has 0 heterocycles. The van der Waals surface area contributed by atoms with Crippen LogP contribution in [0.3, 0.4) is 0 Å². The van der Waals surface area contributed by atoms with E-state index in [4.69, 9.17) is 18.9 Å². The summed E-state index contributed by atoms with van der Waals surface area (Å²) in [7, 11) is 1.53. The van der Waals surface area contributed by atoms with Gasteiger partial charge in [-0.05, 0) is 30.7 Å². The van der Waals surface area contributed by atoms with Gasteiger partial charge >= 0.3 is 17.9 Å². The summed E-state index contributed by atoms with van der Waals surface area (Å²) in [6, 6.07) is 6.50. The van der Waals surface area contributed by atoms with Crippen molar-refractivity contribution in [3.05, 3.63) is 41.5 Å². The molecular formula is C27H36O10. The Hall–Kier alpha value is -2.95. The zero-order valence-electron chi connectivity index (χ0n) is 21.4. The second-order valence-corrected chi connectivity index (χ2v) is 9.88. The van der Waals surface area contributed by atoms with E-state index in [9.17, 15) is 29.7 Å². The molecule has 1 saturated carbocycles. The molecular weight excluding hydrogens is 484 g/mol. The molecule has 0 saturated heterocycles. The third kappa shape index (κ3) is 8.28. The lowest BCUT2D eigenvalue weighted by Gasteiger charge is -2.34. The molecule has 3 rings (SSSR count). The third-order valence-corrected chi connectivity index (χ3v) is 6.71. The fourth-order valence-electron chi connectivity index (χ4n) is 5.06. The van der Waals surface area contributed by atoms with Crippen LogP contribution in [-0.2, 0) is 23.8 Å². The summed E-state index contributed by atoms with van der Waals surface area (Å²) in [5, 5.41) is 32.4. The minimum absolute atomic E-state index is 0.00949. The van der Waals surface area contributed by atoms with Crippen molar-refractivity contribution >= 4 is 17.9 Å². The fourth-order valence-corrected chi connectivity index (χ4v) is 5.06. The molecule has 0 spiro atoms. The van der Waals surface area contributed by atoms with Gasteiger partial charge in [-0.15, -0.1) is 0 Å². The maximum absolute atomic E-state index is 12.7. The minimum Gasteiger partial charge on any atom is -0.497 e. The number of esters is 3. The highest BCUT2D eigenvalue weighted by Gasteiger charge is 2.44. The van der Waals surface area contributed by atoms with Crippen molar-refractivity contribution in [2.75, 3.05) is 7.11 Å². The maximum atomic E-state index is 12.7. The number of carbonyl (C=O) groups is 3. The Labute approximate surface area is 216 Å². The van der Waals surface area contributed by atoms with Crippen LogP contribution >= 0.6 is 0 Å². The van der Waals surface area contributed by atoms with Gasteiger partial charge in [0.05, 0.1) is 30.5 Å². The van der Waals surface area contributed by atoms with Crippen LogP contribution in [0.15, 0.2) is 35.9 Å². The van der Waals surface area contributed by atoms with E-state index in [-0.39, 0.29) is 38.5 Å². The van der Waals surface area contributed by atoms with Crippen LogP contribution in [0.2, 0.25) is 0 Å². The molecule has 0 radical (unpaired) electrons. The molecule has 10 heteroatoms. The van der Waals surface area contributed by atoms with Gasteiger partial charge in [-0.1, -0.05) is 11.6 Å². The second-order valence-electron chi connectivity index (χ2n) is 9.88. The van der Waals surface area contributed by atoms with Crippen molar-refractivity contribution in [1.82, 2.24) is 0 Å². The fraction of sp³-hybridized carbons (Fsp3) is 0.593. The molecule has 0 amide bonds. The highest BCUT2D eigenvalue weighted by Crippen LogP contribution is 2.37. The molecule has 0 unspecified atom stereocenters. The third-order valence-electron chi connectivity index (χ3n) is 6.71. The summed E-state index contributed by atoms with van der Waals surface area (Å²) in [5.41, 5.74) is -0.623. The van der Waals surface area contributed by atoms with E-state index in [1.54, 1.807) is 24.3 Å². The SMILES string of the molecule is COc1ccc(C(=O)O[C@H]2CC=C(C[C@@]3(O)C[C@H](OC(C)=O)C[C@H](O)C[C@@H]3O)C[C@@H](OC(C)=O)C2)cc1. The summed E-state index contributed by atoms with van der Waals surface area (Å²) >= 11 is 0. The largest absolute Gasteiger partial charge is 0.497 e. The molecule has 10 nitrogen and oxygen atoms in total. The molecule has 2 aliphatic carbocycles. The lowest BCUT2D eigenvalue weighted by Crippen LogP contribution is -2.45. The van der Waals surface area contributed by atoms with Crippen molar-refractivity contribution in [3.8, 4) is 5.75 Å². The van der Waals surface area contributed by atoms with E-state index in [0.717, 1.165) is 0 Å². The summed E-state index contributed by atoms with van der Waals surface area (Å²) in [5.74, 6) is -0.948. The van der Waals surface area contributed by atoms with Crippen LogP contribution in [0.4, 0.5) is 0 Å². The molecule has 1 fully saturated rings. The first-order chi connectivity index (χ1) is 17.5. The zero-order chi connectivity index (χ0) is 27.2. The average molecular weight is 521 g/mol. The van der Waals surface area contributed by atoms with Crippen molar-refractivity contribution in [3.63, 3.8) is 0 Å². The van der Waals surface area contributed by atoms with Gasteiger partial charge in [0.2, 0.25) is 0 Å². The number of ether oxygens (including phenoxy) is 4. The van der Waals surface area contributed by atoms with Crippen LogP contribution < -0.4 is 4.74 Å². The predicted octanol–water partition coefficient (Wildman–Crippen LogP) is 2.22. The number of benzene rings is 1. The molecule has 1 aromatic rings. The molecule has 6 atom stereocenters. The number of hydrogen-bond donors (Lipinski definition) is 3. The van der Waals surface area contributed by atoms with Gasteiger partial charge in [-0.25, -0.2) is 4.79 Å². The highest BCUT2D eigenvalue weighted by atomic mass is 16.6. The molecule has 204 valence electrons. The van der Waals surface area contributed by atoms with Crippen molar-refractivity contribution in [2.45, 2.75) is 94.9 Å². The van der Waals surface area contributed by atoms with E-state index in [1.165, 1.54) is 21.0 Å². The number of aliphatic hydroxyl groups is 3. The number of carbonyl (C=O) groups excluding carboxylic acids is 3. The molecule has 2 aliphatic rings. The van der Waals surface area contributed by atoms with Crippen molar-refractivity contribution < 1.29 is 48.7 Å². The predicted molar refractivity (Wildman–Crippen MR) is 131 cm³/mol. The number of aliphatic hydroxyl groups excluding tert-OH is 2. The summed E-state index contributed by atoms with van der Waals surface area (Å²) in [6.45, 7) is 2.54. The molecule has 37 heavy (non-hydrogen) atoms. The average Bonchev–Trinajstić information content (AvgIpc) is 3.04. The van der Waals surface area contributed by atoms with Gasteiger partial charge in [0.25, 0.3) is 0 Å². The lowest BCUT2D eigenvalue weighted by atomic mass is 9.83. The second kappa shape index (κ2) is 12.5. The number of hydrogen-bond acceptors (Lipinski definition) is 10. The van der Waals surface area contributed by atoms with Gasteiger partial charge in [0, 0.05) is 52.4 Å². The Morgan fingerprint density at radius 2 is 1.57 bits per heavy atom. The van der Waals surface area contributed by atoms with Crippen LogP contribution in [0.1, 0.15) is 69.2 Å². The monoisotopic (exact) mass is 520 g/mol. The maximum Gasteiger partial charge on any atom is 0.338 e. The standard InChI is InChI=1S/C27H36O10/c1-16(28)35-23-10-18(14-27(33)15-24(36-17(2)29)11-20(30)12-25(27)31)4-7-22(13-23)37-26(32)19-5-8-21(34-3)9-6-19/h4-6,8-9,20,22-25,30-31,33H,7,10-15H2,1-3H3/t20-,22-,23+,24+,25-,27+/m0/s1. The first kappa shape index (κ1) is 28.6. The van der Waals surface area contributed by atoms with Gasteiger partial charge in [0.15, 0.2) is 0 Å². The Balaban J connectivity index is 1.77. The molecule has 0 bridgehead atoms. The molecule has 0 aromatic heterocycles. The summed E-state index contributed by atoms with van der Waals surface area (Å²) in [4.78, 5) is 36.0. The smallest absolute Gasteiger partial charge is 0.338 e. The zero-order valence-corrected chi connectivity index (χ0v) is 21.4. The van der Waals surface area contributed by atoms with Crippen LogP contribution in [0, 0.1) is 0 Å². The van der Waals surface area contributed by atoms with E-state index in [1.807, 2.05) is 6.08 Å². The Morgan fingerprint density at radius 1 is 0.919 bits per heavy atom. The minimum atomic E-state index is -1.68. The van der Waals surface area contributed by atoms with Crippen molar-refractivity contribution in [2.24, 2.45) is 0 Å². The normalized spacial score (nSPS) is 30.2. The number of rotatable bonds is 7. The van der Waals surface area contributed by atoms with E-state index >= 15 is 0 Å². The summed E-state index contributed by atoms with van der Waals surface area (Å²) < 4.78 is 21.6. The Bertz CT molecular complexity index is 987. The highest BCUT2D eigenvalue weighted by molar-refractivity contribution is 5.89. The molecule has 1 aromatic carbocycles. The number of methoxy groups -OCH3 is 1. The van der Waals surface area contributed by atoms with Crippen molar-refractivity contribution in [1.29, 1.82) is 0 Å². The topological polar surface area (TPSA) is 149 Å². The van der Waals surface area contributed by atoms with Crippen LogP contribution in [0.25, 0.3) is 0 Å². The van der Waals surface area contributed by atoms with Gasteiger partial charge in [0.1, 0.15) is 24.1 Å². The van der Waals surface area contributed by atoms with E-state index in [2.05, 4.69) is 0 Å². The molecule has 0 aliphatic heterocycles. The summed E-state index contributed by atoms with van der Waals surface area (Å²) in [6.07, 6.45) is -1.50. The van der Waals surface area contributed by atoms with E-state index in [0.29, 0.717) is 23.3 Å². The first-order valence-corrected chi connectivity index (χ1v) is 12.4. The van der Waals surface area contributed by atoms with Gasteiger partial charge in [-0.2, -0.15) is 0 Å². The quantitative estimate of drug-likeness (QED) is 0.211. The molecule has 3 N–H and O–H groups in total. The van der Waals surface area contributed by atoms with Gasteiger partial charge in [-0.3, -0.25) is 9.59 Å².